The van der Waals surface area contributed by atoms with Crippen molar-refractivity contribution in [3.05, 3.63) is 89.1 Å². The molecule has 37 heavy (non-hydrogen) atoms. The van der Waals surface area contributed by atoms with Crippen molar-refractivity contribution in [1.82, 2.24) is 15.2 Å². The fraction of sp³-hybridized carbons (Fsp3) is 0.310. The molecule has 3 aromatic rings. The Hall–Kier alpha value is -4.04. The van der Waals surface area contributed by atoms with E-state index in [1.807, 2.05) is 60.7 Å². The number of carbonyl (C=O) groups excluding carboxylic acids is 3. The fourth-order valence-corrected chi connectivity index (χ4v) is 6.31. The van der Waals surface area contributed by atoms with Gasteiger partial charge in [-0.1, -0.05) is 42.5 Å². The van der Waals surface area contributed by atoms with Crippen molar-refractivity contribution < 1.29 is 14.4 Å². The third kappa shape index (κ3) is 3.39. The highest BCUT2D eigenvalue weighted by molar-refractivity contribution is 6.06. The smallest absolute Gasteiger partial charge is 0.250 e. The molecule has 1 aromatic heterocycles. The summed E-state index contributed by atoms with van der Waals surface area (Å²) >= 11 is 0. The zero-order valence-electron chi connectivity index (χ0n) is 20.3. The summed E-state index contributed by atoms with van der Waals surface area (Å²) in [5.74, 6) is 0.426. The number of piperazine rings is 1. The lowest BCUT2D eigenvalue weighted by Crippen LogP contribution is -2.58. The van der Waals surface area contributed by atoms with Gasteiger partial charge in [-0.25, -0.2) is 4.98 Å². The second-order valence-corrected chi connectivity index (χ2v) is 10.6. The van der Waals surface area contributed by atoms with E-state index in [1.165, 1.54) is 0 Å². The van der Waals surface area contributed by atoms with Crippen LogP contribution in [0.25, 0.3) is 0 Å². The molecule has 1 unspecified atom stereocenters. The molecule has 186 valence electrons. The van der Waals surface area contributed by atoms with Gasteiger partial charge in [0.05, 0.1) is 18.0 Å². The summed E-state index contributed by atoms with van der Waals surface area (Å²) < 4.78 is 0. The highest BCUT2D eigenvalue weighted by Crippen LogP contribution is 2.48. The number of benzene rings is 2. The molecule has 2 fully saturated rings. The molecule has 3 amide bonds. The van der Waals surface area contributed by atoms with Gasteiger partial charge in [0.15, 0.2) is 0 Å². The molecule has 8 nitrogen and oxygen atoms in total. The Labute approximate surface area is 214 Å². The number of fused-ring (bicyclic) bond motifs is 3. The van der Waals surface area contributed by atoms with Gasteiger partial charge >= 0.3 is 0 Å². The van der Waals surface area contributed by atoms with Gasteiger partial charge in [0.2, 0.25) is 17.7 Å². The van der Waals surface area contributed by atoms with Crippen LogP contribution in [0.3, 0.4) is 0 Å². The molecule has 2 aliphatic carbocycles. The Morgan fingerprint density at radius 2 is 1.81 bits per heavy atom. The first kappa shape index (κ1) is 22.2. The van der Waals surface area contributed by atoms with E-state index in [9.17, 15) is 14.4 Å². The van der Waals surface area contributed by atoms with Crippen LogP contribution < -0.4 is 16.0 Å². The predicted molar refractivity (Wildman–Crippen MR) is 138 cm³/mol. The summed E-state index contributed by atoms with van der Waals surface area (Å²) in [6.07, 6.45) is 4.18. The Balaban J connectivity index is 1.10. The maximum absolute atomic E-state index is 13.6. The number of hydrogen-bond donors (Lipinski definition) is 3. The Morgan fingerprint density at radius 3 is 2.62 bits per heavy atom. The topological polar surface area (TPSA) is 103 Å². The summed E-state index contributed by atoms with van der Waals surface area (Å²) in [7, 11) is 0. The van der Waals surface area contributed by atoms with Crippen molar-refractivity contribution in [1.29, 1.82) is 0 Å². The van der Waals surface area contributed by atoms with Gasteiger partial charge in [0.25, 0.3) is 0 Å². The summed E-state index contributed by atoms with van der Waals surface area (Å²) in [6, 6.07) is 19.7. The van der Waals surface area contributed by atoms with E-state index >= 15 is 0 Å². The third-order valence-corrected chi connectivity index (χ3v) is 8.47. The molecular weight excluding hydrogens is 466 g/mol. The van der Waals surface area contributed by atoms with Crippen molar-refractivity contribution in [2.45, 2.75) is 42.7 Å². The normalized spacial score (nSPS) is 25.0. The molecule has 2 atom stereocenters. The van der Waals surface area contributed by atoms with Crippen LogP contribution in [0.5, 0.6) is 0 Å². The second-order valence-electron chi connectivity index (χ2n) is 10.6. The quantitative estimate of drug-likeness (QED) is 0.519. The van der Waals surface area contributed by atoms with Crippen LogP contribution in [0.4, 0.5) is 11.5 Å². The molecule has 4 aliphatic rings. The lowest BCUT2D eigenvalue weighted by atomic mass is 9.79. The third-order valence-electron chi connectivity index (χ3n) is 8.47. The SMILES string of the molecule is O=C1CNC(c2ccccc2)CN1C1(C(=O)Nc2ccc3c(c2)C[C@@]2(C3)C(=O)Nc3ncccc32)CC1. The fourth-order valence-electron chi connectivity index (χ4n) is 6.31. The standard InChI is InChI=1S/C29H27N5O3/c35-24-16-31-23(18-5-2-1-3-6-18)17-34(24)29(10-11-29)27(37)32-21-9-8-19-14-28(15-20(19)13-21)22-7-4-12-30-25(22)33-26(28)36/h1-9,12-13,23,31H,10-11,14-17H2,(H,32,37)(H,30,33,36)/t23?,28-/m1/s1. The molecule has 3 heterocycles. The molecular formula is C29H27N5O3. The minimum absolute atomic E-state index is 0.00437. The van der Waals surface area contributed by atoms with Gasteiger partial charge < -0.3 is 15.5 Å². The van der Waals surface area contributed by atoms with Gasteiger partial charge in [-0.05, 0) is 60.6 Å². The molecule has 2 aliphatic heterocycles. The zero-order valence-corrected chi connectivity index (χ0v) is 20.3. The van der Waals surface area contributed by atoms with Crippen LogP contribution >= 0.6 is 0 Å². The number of anilines is 2. The molecule has 1 spiro atoms. The van der Waals surface area contributed by atoms with Crippen LogP contribution in [0.2, 0.25) is 0 Å². The summed E-state index contributed by atoms with van der Waals surface area (Å²) in [5, 5.41) is 9.33. The summed E-state index contributed by atoms with van der Waals surface area (Å²) in [6.45, 7) is 0.680. The van der Waals surface area contributed by atoms with E-state index in [0.29, 0.717) is 43.7 Å². The van der Waals surface area contributed by atoms with E-state index < -0.39 is 11.0 Å². The molecule has 1 saturated carbocycles. The monoisotopic (exact) mass is 493 g/mol. The van der Waals surface area contributed by atoms with Crippen LogP contribution in [0, 0.1) is 0 Å². The van der Waals surface area contributed by atoms with Crippen molar-refractivity contribution in [2.24, 2.45) is 0 Å². The molecule has 1 saturated heterocycles. The first-order valence-corrected chi connectivity index (χ1v) is 12.8. The molecule has 8 heteroatoms. The van der Waals surface area contributed by atoms with E-state index in [0.717, 1.165) is 22.3 Å². The van der Waals surface area contributed by atoms with Crippen molar-refractivity contribution >= 4 is 29.2 Å². The Morgan fingerprint density at radius 1 is 1.00 bits per heavy atom. The largest absolute Gasteiger partial charge is 0.325 e. The lowest BCUT2D eigenvalue weighted by molar-refractivity contribution is -0.142. The van der Waals surface area contributed by atoms with Gasteiger partial charge in [0, 0.05) is 24.0 Å². The number of nitrogens with one attached hydrogen (secondary N) is 3. The highest BCUT2D eigenvalue weighted by atomic mass is 16.2. The van der Waals surface area contributed by atoms with Gasteiger partial charge in [-0.2, -0.15) is 0 Å². The number of hydrogen-bond acceptors (Lipinski definition) is 5. The molecule has 3 N–H and O–H groups in total. The van der Waals surface area contributed by atoms with Crippen LogP contribution in [-0.4, -0.2) is 46.2 Å². The molecule has 7 rings (SSSR count). The minimum atomic E-state index is -0.803. The highest BCUT2D eigenvalue weighted by Gasteiger charge is 2.57. The number of carbonyl (C=O) groups is 3. The summed E-state index contributed by atoms with van der Waals surface area (Å²) in [5.41, 5.74) is 3.44. The Kier molecular flexibility index (Phi) is 4.78. The average molecular weight is 494 g/mol. The van der Waals surface area contributed by atoms with E-state index in [2.05, 4.69) is 20.9 Å². The van der Waals surface area contributed by atoms with Gasteiger partial charge in [0.1, 0.15) is 11.4 Å². The first-order valence-electron chi connectivity index (χ1n) is 12.8. The number of pyridine rings is 1. The number of amides is 3. The van der Waals surface area contributed by atoms with E-state index in [1.54, 1.807) is 11.1 Å². The molecule has 0 bridgehead atoms. The Bertz CT molecular complexity index is 1450. The van der Waals surface area contributed by atoms with E-state index in [4.69, 9.17) is 0 Å². The number of nitrogens with zero attached hydrogens (tertiary/aromatic N) is 2. The molecule has 0 radical (unpaired) electrons. The first-order chi connectivity index (χ1) is 18.0. The zero-order chi connectivity index (χ0) is 25.2. The van der Waals surface area contributed by atoms with Crippen molar-refractivity contribution in [3.63, 3.8) is 0 Å². The van der Waals surface area contributed by atoms with Gasteiger partial charge in [-0.15, -0.1) is 0 Å². The minimum Gasteiger partial charge on any atom is -0.325 e. The number of aromatic nitrogens is 1. The average Bonchev–Trinajstić information content (AvgIpc) is 3.57. The lowest BCUT2D eigenvalue weighted by Gasteiger charge is -2.38. The van der Waals surface area contributed by atoms with Crippen LogP contribution in [0.1, 0.15) is 41.1 Å². The maximum Gasteiger partial charge on any atom is 0.250 e. The predicted octanol–water partition coefficient (Wildman–Crippen LogP) is 2.71. The van der Waals surface area contributed by atoms with Crippen LogP contribution in [0.15, 0.2) is 66.9 Å². The van der Waals surface area contributed by atoms with Crippen molar-refractivity contribution in [2.75, 3.05) is 23.7 Å². The molecule has 2 aromatic carbocycles. The van der Waals surface area contributed by atoms with Crippen molar-refractivity contribution in [3.8, 4) is 0 Å². The maximum atomic E-state index is 13.6. The van der Waals surface area contributed by atoms with E-state index in [-0.39, 0.29) is 30.3 Å². The number of rotatable bonds is 4. The summed E-state index contributed by atoms with van der Waals surface area (Å²) in [4.78, 5) is 45.5. The van der Waals surface area contributed by atoms with Crippen LogP contribution in [-0.2, 0) is 32.6 Å². The van der Waals surface area contributed by atoms with Gasteiger partial charge in [-0.3, -0.25) is 19.7 Å². The second kappa shape index (κ2) is 7.98.